The topological polar surface area (TPSA) is 62.5 Å². The van der Waals surface area contributed by atoms with Gasteiger partial charge >= 0.3 is 5.97 Å². The fourth-order valence-electron chi connectivity index (χ4n) is 2.56. The van der Waals surface area contributed by atoms with Gasteiger partial charge in [0.2, 0.25) is 5.91 Å². The highest BCUT2D eigenvalue weighted by Gasteiger charge is 2.35. The zero-order valence-electron chi connectivity index (χ0n) is 10.5. The maximum absolute atomic E-state index is 11.9. The molecule has 0 radical (unpaired) electrons. The Morgan fingerprint density at radius 2 is 2.16 bits per heavy atom. The van der Waals surface area contributed by atoms with Gasteiger partial charge in [-0.25, -0.2) is 0 Å². The van der Waals surface area contributed by atoms with Gasteiger partial charge < -0.3 is 14.6 Å². The molecule has 1 N–H and O–H groups in total. The van der Waals surface area contributed by atoms with Crippen LogP contribution in [0.15, 0.2) is 30.5 Å². The van der Waals surface area contributed by atoms with Crippen molar-refractivity contribution in [3.05, 3.63) is 30.5 Å². The summed E-state index contributed by atoms with van der Waals surface area (Å²) in [5.41, 5.74) is 1.86. The molecule has 0 bridgehead atoms. The minimum atomic E-state index is -0.906. The van der Waals surface area contributed by atoms with Gasteiger partial charge in [0.25, 0.3) is 0 Å². The summed E-state index contributed by atoms with van der Waals surface area (Å²) in [5, 5.41) is 10.0. The number of carbonyl (C=O) groups is 2. The molecule has 1 amide bonds. The summed E-state index contributed by atoms with van der Waals surface area (Å²) >= 11 is 0. The molecule has 0 saturated carbocycles. The van der Waals surface area contributed by atoms with Crippen molar-refractivity contribution in [3.8, 4) is 0 Å². The molecule has 1 aliphatic rings. The SMILES string of the molecule is Cn1ccc2cc(N3CC(C(=O)O)CC3=O)ccc21. The predicted molar refractivity (Wildman–Crippen MR) is 71.0 cm³/mol. The molecule has 19 heavy (non-hydrogen) atoms. The number of aromatic nitrogens is 1. The molecule has 5 nitrogen and oxygen atoms in total. The number of anilines is 1. The Bertz CT molecular complexity index is 674. The zero-order chi connectivity index (χ0) is 13.6. The summed E-state index contributed by atoms with van der Waals surface area (Å²) in [6.07, 6.45) is 2.04. The third-order valence-electron chi connectivity index (χ3n) is 3.65. The smallest absolute Gasteiger partial charge is 0.308 e. The van der Waals surface area contributed by atoms with Gasteiger partial charge in [-0.3, -0.25) is 9.59 Å². The third-order valence-corrected chi connectivity index (χ3v) is 3.65. The van der Waals surface area contributed by atoms with E-state index < -0.39 is 11.9 Å². The Kier molecular flexibility index (Phi) is 2.55. The van der Waals surface area contributed by atoms with Gasteiger partial charge in [-0.05, 0) is 24.3 Å². The van der Waals surface area contributed by atoms with Gasteiger partial charge in [0, 0.05) is 42.8 Å². The summed E-state index contributed by atoms with van der Waals surface area (Å²) in [7, 11) is 1.96. The van der Waals surface area contributed by atoms with Gasteiger partial charge in [-0.15, -0.1) is 0 Å². The molecule has 1 fully saturated rings. The number of hydrogen-bond acceptors (Lipinski definition) is 2. The maximum atomic E-state index is 11.9. The van der Waals surface area contributed by atoms with Crippen LogP contribution in [0.5, 0.6) is 0 Å². The van der Waals surface area contributed by atoms with Crippen LogP contribution in [0.3, 0.4) is 0 Å². The van der Waals surface area contributed by atoms with Crippen molar-refractivity contribution in [2.75, 3.05) is 11.4 Å². The minimum Gasteiger partial charge on any atom is -0.481 e. The Morgan fingerprint density at radius 3 is 2.84 bits per heavy atom. The first-order valence-electron chi connectivity index (χ1n) is 6.14. The summed E-state index contributed by atoms with van der Waals surface area (Å²) in [4.78, 5) is 24.4. The normalized spacial score (nSPS) is 19.3. The average Bonchev–Trinajstić information content (AvgIpc) is 2.93. The molecule has 1 unspecified atom stereocenters. The molecule has 1 aromatic heterocycles. The number of benzene rings is 1. The molecule has 1 aromatic carbocycles. The number of hydrogen-bond donors (Lipinski definition) is 1. The molecule has 1 aliphatic heterocycles. The van der Waals surface area contributed by atoms with E-state index in [-0.39, 0.29) is 18.9 Å². The van der Waals surface area contributed by atoms with Crippen LogP contribution < -0.4 is 4.90 Å². The minimum absolute atomic E-state index is 0.0855. The first-order valence-corrected chi connectivity index (χ1v) is 6.14. The largest absolute Gasteiger partial charge is 0.481 e. The molecular formula is C14H14N2O3. The number of carboxylic acids is 1. The monoisotopic (exact) mass is 258 g/mol. The number of aliphatic carboxylic acids is 1. The standard InChI is InChI=1S/C14H14N2O3/c1-15-5-4-9-6-11(2-3-12(9)15)16-8-10(14(18)19)7-13(16)17/h2-6,10H,7-8H2,1H3,(H,18,19). The molecule has 1 saturated heterocycles. The molecule has 1 atom stereocenters. The second kappa shape index (κ2) is 4.12. The summed E-state index contributed by atoms with van der Waals surface area (Å²) in [6, 6.07) is 7.72. The van der Waals surface area contributed by atoms with E-state index in [0.29, 0.717) is 0 Å². The maximum Gasteiger partial charge on any atom is 0.308 e. The van der Waals surface area contributed by atoms with Crippen molar-refractivity contribution in [1.82, 2.24) is 4.57 Å². The Morgan fingerprint density at radius 1 is 1.37 bits per heavy atom. The van der Waals surface area contributed by atoms with Crippen molar-refractivity contribution in [2.45, 2.75) is 6.42 Å². The summed E-state index contributed by atoms with van der Waals surface area (Å²) in [6.45, 7) is 0.256. The van der Waals surface area contributed by atoms with Gasteiger partial charge in [-0.1, -0.05) is 0 Å². The lowest BCUT2D eigenvalue weighted by atomic mass is 10.1. The van der Waals surface area contributed by atoms with Gasteiger partial charge in [0.05, 0.1) is 5.92 Å². The van der Waals surface area contributed by atoms with Crippen LogP contribution in [0.25, 0.3) is 10.9 Å². The number of nitrogens with zero attached hydrogens (tertiary/aromatic N) is 2. The molecular weight excluding hydrogens is 244 g/mol. The van der Waals surface area contributed by atoms with Crippen LogP contribution in [-0.2, 0) is 16.6 Å². The number of carbonyl (C=O) groups excluding carboxylic acids is 1. The number of rotatable bonds is 2. The highest BCUT2D eigenvalue weighted by atomic mass is 16.4. The quantitative estimate of drug-likeness (QED) is 0.890. The van der Waals surface area contributed by atoms with Crippen molar-refractivity contribution < 1.29 is 14.7 Å². The highest BCUT2D eigenvalue weighted by Crippen LogP contribution is 2.28. The van der Waals surface area contributed by atoms with E-state index in [1.54, 1.807) is 4.90 Å². The summed E-state index contributed by atoms with van der Waals surface area (Å²) < 4.78 is 2.00. The van der Waals surface area contributed by atoms with E-state index >= 15 is 0 Å². The second-order valence-corrected chi connectivity index (χ2v) is 4.91. The lowest BCUT2D eigenvalue weighted by Crippen LogP contribution is -2.25. The van der Waals surface area contributed by atoms with E-state index in [1.807, 2.05) is 42.1 Å². The lowest BCUT2D eigenvalue weighted by molar-refractivity contribution is -0.141. The average molecular weight is 258 g/mol. The fraction of sp³-hybridized carbons (Fsp3) is 0.286. The van der Waals surface area contributed by atoms with Crippen LogP contribution in [0, 0.1) is 5.92 Å². The Balaban J connectivity index is 1.96. The van der Waals surface area contributed by atoms with Crippen LogP contribution in [0.4, 0.5) is 5.69 Å². The number of carboxylic acid groups (broad SMARTS) is 1. The number of aryl methyl sites for hydroxylation is 1. The van der Waals surface area contributed by atoms with Gasteiger partial charge in [0.1, 0.15) is 0 Å². The van der Waals surface area contributed by atoms with Crippen LogP contribution in [-0.4, -0.2) is 28.1 Å². The predicted octanol–water partition coefficient (Wildman–Crippen LogP) is 1.62. The van der Waals surface area contributed by atoms with Gasteiger partial charge in [0.15, 0.2) is 0 Å². The summed E-state index contributed by atoms with van der Waals surface area (Å²) in [5.74, 6) is -1.63. The molecule has 98 valence electrons. The van der Waals surface area contributed by atoms with Crippen LogP contribution >= 0.6 is 0 Å². The molecule has 0 aliphatic carbocycles. The van der Waals surface area contributed by atoms with E-state index in [2.05, 4.69) is 0 Å². The number of fused-ring (bicyclic) bond motifs is 1. The lowest BCUT2D eigenvalue weighted by Gasteiger charge is -2.16. The fourth-order valence-corrected chi connectivity index (χ4v) is 2.56. The van der Waals surface area contributed by atoms with E-state index in [4.69, 9.17) is 5.11 Å². The molecule has 3 rings (SSSR count). The third kappa shape index (κ3) is 1.87. The van der Waals surface area contributed by atoms with Crippen molar-refractivity contribution in [1.29, 1.82) is 0 Å². The van der Waals surface area contributed by atoms with Crippen LogP contribution in [0.1, 0.15) is 6.42 Å². The molecule has 5 heteroatoms. The highest BCUT2D eigenvalue weighted by molar-refractivity contribution is 6.00. The van der Waals surface area contributed by atoms with Gasteiger partial charge in [-0.2, -0.15) is 0 Å². The Labute approximate surface area is 110 Å². The Hall–Kier alpha value is -2.30. The second-order valence-electron chi connectivity index (χ2n) is 4.91. The molecule has 0 spiro atoms. The first-order chi connectivity index (χ1) is 9.06. The van der Waals surface area contributed by atoms with E-state index in [1.165, 1.54) is 0 Å². The van der Waals surface area contributed by atoms with E-state index in [9.17, 15) is 9.59 Å². The first kappa shape index (κ1) is 11.8. The van der Waals surface area contributed by atoms with Crippen molar-refractivity contribution in [2.24, 2.45) is 13.0 Å². The zero-order valence-corrected chi connectivity index (χ0v) is 10.5. The molecule has 2 aromatic rings. The van der Waals surface area contributed by atoms with Crippen molar-refractivity contribution >= 4 is 28.5 Å². The van der Waals surface area contributed by atoms with Crippen LogP contribution in [0.2, 0.25) is 0 Å². The molecule has 2 heterocycles. The van der Waals surface area contributed by atoms with Crippen molar-refractivity contribution in [3.63, 3.8) is 0 Å². The number of amides is 1. The van der Waals surface area contributed by atoms with E-state index in [0.717, 1.165) is 16.6 Å².